The van der Waals surface area contributed by atoms with Crippen LogP contribution in [-0.4, -0.2) is 5.54 Å². The second kappa shape index (κ2) is 13.1. The van der Waals surface area contributed by atoms with Gasteiger partial charge in [0.1, 0.15) is 0 Å². The van der Waals surface area contributed by atoms with E-state index in [-0.39, 0.29) is 27.2 Å². The third-order valence-corrected chi connectivity index (χ3v) is 14.9. The van der Waals surface area contributed by atoms with Gasteiger partial charge in [-0.05, 0) is 132 Å². The molecular formula is C52H61ClN2S. The molecule has 8 rings (SSSR count). The van der Waals surface area contributed by atoms with E-state index in [9.17, 15) is 0 Å². The third-order valence-electron chi connectivity index (χ3n) is 13.5. The molecule has 0 saturated heterocycles. The minimum absolute atomic E-state index is 0.0257. The summed E-state index contributed by atoms with van der Waals surface area (Å²) < 4.78 is 2.65. The van der Waals surface area contributed by atoms with Gasteiger partial charge in [-0.2, -0.15) is 0 Å². The van der Waals surface area contributed by atoms with E-state index >= 15 is 0 Å². The monoisotopic (exact) mass is 780 g/mol. The van der Waals surface area contributed by atoms with Crippen molar-refractivity contribution in [3.8, 4) is 0 Å². The smallest absolute Gasteiger partial charge is 0.0520 e. The lowest BCUT2D eigenvalue weighted by molar-refractivity contribution is 0.195. The molecule has 0 amide bonds. The predicted octanol–water partition coefficient (Wildman–Crippen LogP) is 16.4. The quantitative estimate of drug-likeness (QED) is 0.176. The Morgan fingerprint density at radius 1 is 0.607 bits per heavy atom. The van der Waals surface area contributed by atoms with Crippen molar-refractivity contribution >= 4 is 71.5 Å². The van der Waals surface area contributed by atoms with Crippen LogP contribution in [0.25, 0.3) is 20.2 Å². The fraction of sp³-hybridized carbons (Fsp3) is 0.423. The van der Waals surface area contributed by atoms with Crippen molar-refractivity contribution in [1.82, 2.24) is 0 Å². The Hall–Kier alpha value is -3.79. The molecule has 1 aliphatic carbocycles. The van der Waals surface area contributed by atoms with Crippen LogP contribution in [0.5, 0.6) is 0 Å². The summed E-state index contributed by atoms with van der Waals surface area (Å²) in [5.74, 6) is 0. The van der Waals surface area contributed by atoms with Crippen LogP contribution < -0.4 is 9.80 Å². The van der Waals surface area contributed by atoms with Gasteiger partial charge in [-0.3, -0.25) is 0 Å². The van der Waals surface area contributed by atoms with Gasteiger partial charge in [0, 0.05) is 53.4 Å². The molecule has 2 heterocycles. The van der Waals surface area contributed by atoms with Crippen LogP contribution in [0.2, 0.25) is 5.02 Å². The Morgan fingerprint density at radius 3 is 1.89 bits per heavy atom. The fourth-order valence-electron chi connectivity index (χ4n) is 9.94. The number of aryl methyl sites for hydroxylation is 2. The van der Waals surface area contributed by atoms with E-state index in [2.05, 4.69) is 185 Å². The second-order valence-electron chi connectivity index (χ2n) is 20.6. The summed E-state index contributed by atoms with van der Waals surface area (Å²) >= 11 is 9.23. The summed E-state index contributed by atoms with van der Waals surface area (Å²) in [5, 5.41) is 3.36. The number of halogens is 1. The van der Waals surface area contributed by atoms with Crippen LogP contribution in [0.15, 0.2) is 84.9 Å². The average Bonchev–Trinajstić information content (AvgIpc) is 3.56. The highest BCUT2D eigenvalue weighted by Crippen LogP contribution is 2.62. The minimum Gasteiger partial charge on any atom is -0.334 e. The molecule has 56 heavy (non-hydrogen) atoms. The number of hydrogen-bond acceptors (Lipinski definition) is 3. The summed E-state index contributed by atoms with van der Waals surface area (Å²) in [7, 11) is 0. The van der Waals surface area contributed by atoms with E-state index in [1.54, 1.807) is 0 Å². The topological polar surface area (TPSA) is 6.48 Å². The zero-order chi connectivity index (χ0) is 40.3. The zero-order valence-electron chi connectivity index (χ0n) is 36.1. The van der Waals surface area contributed by atoms with Gasteiger partial charge in [0.25, 0.3) is 0 Å². The fourth-order valence-corrected chi connectivity index (χ4v) is 11.3. The lowest BCUT2D eigenvalue weighted by atomic mass is 9.61. The van der Waals surface area contributed by atoms with Gasteiger partial charge in [0.05, 0.1) is 11.2 Å². The van der Waals surface area contributed by atoms with Gasteiger partial charge in [0.2, 0.25) is 0 Å². The largest absolute Gasteiger partial charge is 0.334 e. The van der Waals surface area contributed by atoms with Gasteiger partial charge in [0.15, 0.2) is 0 Å². The number of anilines is 5. The van der Waals surface area contributed by atoms with Crippen LogP contribution in [0, 0.1) is 13.8 Å². The molecule has 5 aromatic carbocycles. The molecule has 292 valence electrons. The molecule has 6 aromatic rings. The van der Waals surface area contributed by atoms with Gasteiger partial charge < -0.3 is 9.80 Å². The minimum atomic E-state index is -0.0858. The number of rotatable bonds is 4. The van der Waals surface area contributed by atoms with Crippen molar-refractivity contribution in [3.63, 3.8) is 0 Å². The van der Waals surface area contributed by atoms with Gasteiger partial charge in [-0.1, -0.05) is 130 Å². The molecule has 0 N–H and O–H groups in total. The molecular weight excluding hydrogens is 720 g/mol. The van der Waals surface area contributed by atoms with Crippen LogP contribution >= 0.6 is 22.9 Å². The molecule has 2 aliphatic rings. The highest BCUT2D eigenvalue weighted by atomic mass is 35.5. The number of benzene rings is 5. The van der Waals surface area contributed by atoms with Crippen molar-refractivity contribution in [3.05, 3.63) is 123 Å². The van der Waals surface area contributed by atoms with E-state index in [1.165, 1.54) is 84.2 Å². The van der Waals surface area contributed by atoms with E-state index in [0.717, 1.165) is 28.5 Å². The third kappa shape index (κ3) is 6.27. The Labute approximate surface area is 345 Å². The molecule has 1 saturated carbocycles. The summed E-state index contributed by atoms with van der Waals surface area (Å²) in [6.07, 6.45) is 4.81. The van der Waals surface area contributed by atoms with Gasteiger partial charge in [-0.25, -0.2) is 0 Å². The van der Waals surface area contributed by atoms with Crippen molar-refractivity contribution in [2.45, 2.75) is 143 Å². The Bertz CT molecular complexity index is 2500. The maximum Gasteiger partial charge on any atom is 0.0520 e. The van der Waals surface area contributed by atoms with E-state index < -0.39 is 0 Å². The molecule has 2 atom stereocenters. The molecule has 0 spiro atoms. The zero-order valence-corrected chi connectivity index (χ0v) is 37.7. The lowest BCUT2D eigenvalue weighted by Gasteiger charge is -2.50. The van der Waals surface area contributed by atoms with E-state index in [0.29, 0.717) is 0 Å². The molecule has 0 radical (unpaired) electrons. The molecule has 4 heteroatoms. The Balaban J connectivity index is 1.36. The lowest BCUT2D eigenvalue weighted by Crippen LogP contribution is -2.54. The number of fused-ring (bicyclic) bond motifs is 6. The molecule has 1 fully saturated rings. The van der Waals surface area contributed by atoms with Crippen molar-refractivity contribution in [2.24, 2.45) is 0 Å². The van der Waals surface area contributed by atoms with Crippen molar-refractivity contribution < 1.29 is 0 Å². The highest BCUT2D eigenvalue weighted by Gasteiger charge is 2.57. The Morgan fingerprint density at radius 2 is 1.23 bits per heavy atom. The molecule has 0 bridgehead atoms. The van der Waals surface area contributed by atoms with E-state index in [4.69, 9.17) is 11.6 Å². The Kier molecular flexibility index (Phi) is 9.15. The number of hydrogen-bond donors (Lipinski definition) is 0. The first-order valence-corrected chi connectivity index (χ1v) is 21.9. The van der Waals surface area contributed by atoms with Gasteiger partial charge in [-0.15, -0.1) is 11.3 Å². The molecule has 2 nitrogen and oxygen atoms in total. The molecule has 2 unspecified atom stereocenters. The highest BCUT2D eigenvalue weighted by molar-refractivity contribution is 7.25. The van der Waals surface area contributed by atoms with Crippen LogP contribution in [0.1, 0.15) is 135 Å². The first kappa shape index (κ1) is 39.1. The summed E-state index contributed by atoms with van der Waals surface area (Å²) in [4.78, 5) is 5.16. The van der Waals surface area contributed by atoms with E-state index in [1.807, 2.05) is 11.3 Å². The molecule has 1 aliphatic heterocycles. The first-order valence-electron chi connectivity index (χ1n) is 20.7. The SMILES string of the molecule is Cc1cc(C(C)(C)C)cc(C)c1N(c1cc(Cl)cc(N2c3ccc(C(C)(C)C)cc3C3(C)CCCCC23C)c1)c1ccc2sc3cc(C(C)(C)C)ccc3c2c1. The van der Waals surface area contributed by atoms with Crippen molar-refractivity contribution in [1.29, 1.82) is 0 Å². The van der Waals surface area contributed by atoms with Crippen LogP contribution in [0.3, 0.4) is 0 Å². The summed E-state index contributed by atoms with van der Waals surface area (Å²) in [5.41, 5.74) is 14.2. The summed E-state index contributed by atoms with van der Waals surface area (Å²) in [6, 6.07) is 33.0. The summed E-state index contributed by atoms with van der Waals surface area (Å²) in [6.45, 7) is 30.4. The first-order chi connectivity index (χ1) is 26.1. The number of nitrogens with zero attached hydrogens (tertiary/aromatic N) is 2. The maximum absolute atomic E-state index is 7.34. The maximum atomic E-state index is 7.34. The standard InChI is InChI=1S/C52H61ClN2S/c1-32-24-36(50(9,10)11)25-33(2)47(32)54(38-18-21-45-42(31-38)41-19-16-35(49(6,7)8)27-46(41)56-45)39-28-37(53)29-40(30-39)55-44-20-17-34(48(3,4)5)26-43(44)51(12)22-14-15-23-52(51,55)13/h16-21,24-31H,14-15,22-23H2,1-13H3. The normalized spacial score (nSPS) is 20.1. The number of thiophene rings is 1. The average molecular weight is 782 g/mol. The van der Waals surface area contributed by atoms with Crippen LogP contribution in [-0.2, 0) is 21.7 Å². The predicted molar refractivity (Wildman–Crippen MR) is 247 cm³/mol. The molecule has 1 aromatic heterocycles. The van der Waals surface area contributed by atoms with Gasteiger partial charge >= 0.3 is 0 Å². The second-order valence-corrected chi connectivity index (χ2v) is 22.1. The van der Waals surface area contributed by atoms with Crippen LogP contribution in [0.4, 0.5) is 28.4 Å². The van der Waals surface area contributed by atoms with Crippen molar-refractivity contribution in [2.75, 3.05) is 9.80 Å².